The Kier molecular flexibility index (Phi) is 5.77. The average Bonchev–Trinajstić information content (AvgIpc) is 3.74. The molecule has 0 unspecified atom stereocenters. The molecule has 0 aliphatic rings. The molecule has 0 aliphatic heterocycles. The van der Waals surface area contributed by atoms with E-state index in [0.29, 0.717) is 28.9 Å². The third-order valence-electron chi connectivity index (χ3n) is 8.92. The van der Waals surface area contributed by atoms with Gasteiger partial charge >= 0.3 is 0 Å². The van der Waals surface area contributed by atoms with Gasteiger partial charge in [-0.1, -0.05) is 109 Å². The lowest BCUT2D eigenvalue weighted by Crippen LogP contribution is -2.00. The second-order valence-electron chi connectivity index (χ2n) is 11.9. The Balaban J connectivity index is 1.16. The predicted octanol–water partition coefficient (Wildman–Crippen LogP) is 10.9. The molecule has 0 bridgehead atoms. The molecule has 6 nitrogen and oxygen atoms in total. The fourth-order valence-electron chi connectivity index (χ4n) is 6.55. The first-order valence-corrected chi connectivity index (χ1v) is 15.8. The maximum atomic E-state index is 6.42. The van der Waals surface area contributed by atoms with E-state index in [-0.39, 0.29) is 0 Å². The van der Waals surface area contributed by atoms with Gasteiger partial charge in [-0.15, -0.1) is 0 Å². The third-order valence-corrected chi connectivity index (χ3v) is 8.92. The van der Waals surface area contributed by atoms with E-state index < -0.39 is 0 Å². The van der Waals surface area contributed by atoms with Gasteiger partial charge in [0, 0.05) is 39.1 Å². The number of hydrogen-bond acceptors (Lipinski definition) is 6. The van der Waals surface area contributed by atoms with Gasteiger partial charge < -0.3 is 8.83 Å². The van der Waals surface area contributed by atoms with E-state index in [1.807, 2.05) is 91.0 Å². The Morgan fingerprint density at radius 2 is 1.02 bits per heavy atom. The van der Waals surface area contributed by atoms with Crippen molar-refractivity contribution in [3.05, 3.63) is 146 Å². The van der Waals surface area contributed by atoms with Gasteiger partial charge in [-0.05, 0) is 51.9 Å². The molecule has 0 amide bonds. The first kappa shape index (κ1) is 26.5. The lowest BCUT2D eigenvalue weighted by molar-refractivity contribution is 0.620. The predicted molar refractivity (Wildman–Crippen MR) is 191 cm³/mol. The Labute approximate surface area is 274 Å². The van der Waals surface area contributed by atoms with Crippen molar-refractivity contribution < 1.29 is 8.83 Å². The molecule has 48 heavy (non-hydrogen) atoms. The Morgan fingerprint density at radius 3 is 1.79 bits per heavy atom. The highest BCUT2D eigenvalue weighted by atomic mass is 16.4. The summed E-state index contributed by atoms with van der Waals surface area (Å²) in [5.41, 5.74) is 6.47. The molecular formula is C42H24N4O2. The Hall–Kier alpha value is -6.66. The van der Waals surface area contributed by atoms with Crippen molar-refractivity contribution in [1.82, 2.24) is 19.9 Å². The van der Waals surface area contributed by atoms with Crippen LogP contribution in [0.3, 0.4) is 0 Å². The molecule has 0 radical (unpaired) electrons. The molecule has 0 saturated carbocycles. The maximum Gasteiger partial charge on any atom is 0.227 e. The van der Waals surface area contributed by atoms with Gasteiger partial charge in [-0.3, -0.25) is 0 Å². The molecule has 0 spiro atoms. The van der Waals surface area contributed by atoms with Gasteiger partial charge in [0.15, 0.2) is 23.1 Å². The quantitative estimate of drug-likeness (QED) is 0.196. The molecule has 0 saturated heterocycles. The smallest absolute Gasteiger partial charge is 0.227 e. The molecule has 3 aromatic heterocycles. The summed E-state index contributed by atoms with van der Waals surface area (Å²) < 4.78 is 12.8. The number of fused-ring (bicyclic) bond motifs is 6. The molecule has 0 atom stereocenters. The fraction of sp³-hybridized carbons (Fsp3) is 0. The van der Waals surface area contributed by atoms with Crippen LogP contribution < -0.4 is 0 Å². The van der Waals surface area contributed by atoms with E-state index in [2.05, 4.69) is 54.6 Å². The number of hydrogen-bond donors (Lipinski definition) is 0. The summed E-state index contributed by atoms with van der Waals surface area (Å²) in [6.45, 7) is 0. The van der Waals surface area contributed by atoms with Gasteiger partial charge in [-0.2, -0.15) is 0 Å². The molecule has 224 valence electrons. The zero-order chi connectivity index (χ0) is 31.6. The first-order chi connectivity index (χ1) is 23.7. The second kappa shape index (κ2) is 10.4. The van der Waals surface area contributed by atoms with Crippen LogP contribution in [0.4, 0.5) is 0 Å². The van der Waals surface area contributed by atoms with E-state index in [1.165, 1.54) is 5.39 Å². The summed E-state index contributed by atoms with van der Waals surface area (Å²) in [6, 6.07) is 49.1. The van der Waals surface area contributed by atoms with Crippen molar-refractivity contribution in [3.63, 3.8) is 0 Å². The van der Waals surface area contributed by atoms with E-state index in [1.54, 1.807) is 0 Å². The fourth-order valence-corrected chi connectivity index (χ4v) is 6.55. The number of oxazole rings is 1. The van der Waals surface area contributed by atoms with Crippen LogP contribution >= 0.6 is 0 Å². The van der Waals surface area contributed by atoms with Crippen LogP contribution in [-0.4, -0.2) is 19.9 Å². The number of furan rings is 1. The van der Waals surface area contributed by atoms with E-state index >= 15 is 0 Å². The standard InChI is InChI=1S/C42H24N4O2/c1-2-11-27(12-3-1)39-44-40(30-19-17-25-9-4-6-13-28(25)21-30)46-41(45-39)32-15-8-16-35-38(32)33-23-37-34(24-36(33)47-35)43-42(48-37)31-20-18-26-10-5-7-14-29(26)22-31/h1-24H. The minimum absolute atomic E-state index is 0.565. The second-order valence-corrected chi connectivity index (χ2v) is 11.9. The molecule has 3 heterocycles. The van der Waals surface area contributed by atoms with Crippen molar-refractivity contribution in [2.45, 2.75) is 0 Å². The number of rotatable bonds is 4. The molecule has 10 rings (SSSR count). The molecule has 0 N–H and O–H groups in total. The van der Waals surface area contributed by atoms with Gasteiger partial charge in [0.2, 0.25) is 5.89 Å². The van der Waals surface area contributed by atoms with Crippen LogP contribution in [0.1, 0.15) is 0 Å². The summed E-state index contributed by atoms with van der Waals surface area (Å²) >= 11 is 0. The molecule has 6 heteroatoms. The van der Waals surface area contributed by atoms with Crippen LogP contribution in [0, 0.1) is 0 Å². The van der Waals surface area contributed by atoms with Crippen LogP contribution in [0.15, 0.2) is 154 Å². The van der Waals surface area contributed by atoms with Crippen LogP contribution in [0.2, 0.25) is 0 Å². The highest BCUT2D eigenvalue weighted by Crippen LogP contribution is 2.39. The molecule has 7 aromatic carbocycles. The van der Waals surface area contributed by atoms with Gasteiger partial charge in [-0.25, -0.2) is 19.9 Å². The minimum Gasteiger partial charge on any atom is -0.456 e. The van der Waals surface area contributed by atoms with Gasteiger partial charge in [0.25, 0.3) is 0 Å². The van der Waals surface area contributed by atoms with Gasteiger partial charge in [0.1, 0.15) is 16.7 Å². The van der Waals surface area contributed by atoms with Crippen LogP contribution in [0.25, 0.3) is 100 Å². The van der Waals surface area contributed by atoms with E-state index in [9.17, 15) is 0 Å². The topological polar surface area (TPSA) is 77.8 Å². The third kappa shape index (κ3) is 4.35. The maximum absolute atomic E-state index is 6.42. The van der Waals surface area contributed by atoms with Crippen molar-refractivity contribution in [2.75, 3.05) is 0 Å². The van der Waals surface area contributed by atoms with Crippen molar-refractivity contribution in [1.29, 1.82) is 0 Å². The highest BCUT2D eigenvalue weighted by Gasteiger charge is 2.20. The highest BCUT2D eigenvalue weighted by molar-refractivity contribution is 6.14. The Morgan fingerprint density at radius 1 is 0.375 bits per heavy atom. The summed E-state index contributed by atoms with van der Waals surface area (Å²) in [5, 5.41) is 6.41. The lowest BCUT2D eigenvalue weighted by Gasteiger charge is -2.10. The van der Waals surface area contributed by atoms with Crippen LogP contribution in [-0.2, 0) is 0 Å². The number of nitrogens with zero attached hydrogens (tertiary/aromatic N) is 4. The normalized spacial score (nSPS) is 11.8. The SMILES string of the molecule is c1ccc(-c2nc(-c3ccc4ccccc4c3)nc(-c3cccc4oc5cc6nc(-c7ccc8ccccc8c7)oc6cc5c34)n2)cc1. The average molecular weight is 617 g/mol. The molecular weight excluding hydrogens is 592 g/mol. The summed E-state index contributed by atoms with van der Waals surface area (Å²) in [7, 11) is 0. The van der Waals surface area contributed by atoms with Crippen LogP contribution in [0.5, 0.6) is 0 Å². The van der Waals surface area contributed by atoms with Gasteiger partial charge in [0.05, 0.1) is 0 Å². The monoisotopic (exact) mass is 616 g/mol. The molecule has 0 fully saturated rings. The van der Waals surface area contributed by atoms with E-state index in [0.717, 1.165) is 65.9 Å². The largest absolute Gasteiger partial charge is 0.456 e. The van der Waals surface area contributed by atoms with Crippen molar-refractivity contribution in [2.24, 2.45) is 0 Å². The molecule has 10 aromatic rings. The zero-order valence-corrected chi connectivity index (χ0v) is 25.5. The lowest BCUT2D eigenvalue weighted by atomic mass is 10.0. The summed E-state index contributed by atoms with van der Waals surface area (Å²) in [6.07, 6.45) is 0. The summed E-state index contributed by atoms with van der Waals surface area (Å²) in [4.78, 5) is 19.9. The van der Waals surface area contributed by atoms with E-state index in [4.69, 9.17) is 28.8 Å². The first-order valence-electron chi connectivity index (χ1n) is 15.8. The Bertz CT molecular complexity index is 2850. The minimum atomic E-state index is 0.565. The molecule has 0 aliphatic carbocycles. The zero-order valence-electron chi connectivity index (χ0n) is 25.5. The number of aromatic nitrogens is 4. The van der Waals surface area contributed by atoms with Crippen molar-refractivity contribution >= 4 is 54.6 Å². The van der Waals surface area contributed by atoms with Crippen molar-refractivity contribution in [3.8, 4) is 45.6 Å². The number of benzene rings is 7. The summed E-state index contributed by atoms with van der Waals surface area (Å²) in [5.74, 6) is 2.34.